The van der Waals surface area contributed by atoms with Crippen LogP contribution >= 0.6 is 24.8 Å². The van der Waals surface area contributed by atoms with Crippen molar-refractivity contribution in [1.29, 1.82) is 0 Å². The lowest BCUT2D eigenvalue weighted by molar-refractivity contribution is 0.269. The van der Waals surface area contributed by atoms with Gasteiger partial charge in [0.2, 0.25) is 5.95 Å². The number of fused-ring (bicyclic) bond motifs is 1. The van der Waals surface area contributed by atoms with Crippen LogP contribution in [0.2, 0.25) is 0 Å². The van der Waals surface area contributed by atoms with E-state index in [2.05, 4.69) is 36.9 Å². The third kappa shape index (κ3) is 4.91. The van der Waals surface area contributed by atoms with Crippen LogP contribution in [0.4, 0.5) is 10.3 Å². The summed E-state index contributed by atoms with van der Waals surface area (Å²) in [5.74, 6) is 0.217. The van der Waals surface area contributed by atoms with Crippen molar-refractivity contribution >= 4 is 36.4 Å². The minimum atomic E-state index is -0.412. The van der Waals surface area contributed by atoms with Crippen LogP contribution in [-0.2, 0) is 0 Å². The van der Waals surface area contributed by atoms with Gasteiger partial charge in [0, 0.05) is 49.7 Å². The Morgan fingerprint density at radius 2 is 1.76 bits per heavy atom. The molecule has 1 fully saturated rings. The lowest BCUT2D eigenvalue weighted by atomic mass is 10.0. The number of aromatic hydroxyl groups is 1. The van der Waals surface area contributed by atoms with Crippen molar-refractivity contribution < 1.29 is 9.50 Å². The summed E-state index contributed by atoms with van der Waals surface area (Å²) >= 11 is 0. The van der Waals surface area contributed by atoms with Crippen LogP contribution in [0.25, 0.3) is 28.0 Å². The van der Waals surface area contributed by atoms with Gasteiger partial charge in [0.25, 0.3) is 0 Å². The van der Waals surface area contributed by atoms with Crippen LogP contribution in [0.1, 0.15) is 12.6 Å². The maximum atomic E-state index is 14.4. The van der Waals surface area contributed by atoms with Gasteiger partial charge in [-0.3, -0.25) is 0 Å². The Morgan fingerprint density at radius 3 is 2.41 bits per heavy atom. The molecule has 0 saturated carbocycles. The molecule has 0 atom stereocenters. The molecule has 8 nitrogen and oxygen atoms in total. The van der Waals surface area contributed by atoms with Gasteiger partial charge in [0.15, 0.2) is 11.5 Å². The number of pyridine rings is 1. The van der Waals surface area contributed by atoms with Crippen molar-refractivity contribution in [3.8, 4) is 28.1 Å². The SMILES string of the molecule is CCN1CCN(c2ncc(-c3ccc(-c4cc(F)c5nc(C)cn5c4)cc3O)nn2)CC1.Cl.Cl. The minimum Gasteiger partial charge on any atom is -0.507 e. The smallest absolute Gasteiger partial charge is 0.245 e. The van der Waals surface area contributed by atoms with Crippen molar-refractivity contribution in [3.05, 3.63) is 54.4 Å². The fraction of sp³-hybridized carbons (Fsp3) is 0.304. The Hall–Kier alpha value is -3.01. The topological polar surface area (TPSA) is 82.7 Å². The summed E-state index contributed by atoms with van der Waals surface area (Å²) in [6, 6.07) is 6.58. The second-order valence-corrected chi connectivity index (χ2v) is 7.99. The van der Waals surface area contributed by atoms with Crippen molar-refractivity contribution in [2.45, 2.75) is 13.8 Å². The third-order valence-electron chi connectivity index (χ3n) is 5.89. The molecule has 34 heavy (non-hydrogen) atoms. The lowest BCUT2D eigenvalue weighted by Gasteiger charge is -2.33. The maximum absolute atomic E-state index is 14.4. The van der Waals surface area contributed by atoms with Gasteiger partial charge >= 0.3 is 0 Å². The van der Waals surface area contributed by atoms with E-state index in [0.29, 0.717) is 28.3 Å². The summed E-state index contributed by atoms with van der Waals surface area (Å²) in [7, 11) is 0. The molecular formula is C23H26Cl2FN7O. The van der Waals surface area contributed by atoms with E-state index in [1.165, 1.54) is 6.07 Å². The standard InChI is InChI=1S/C23H24FN7O.2ClH/c1-3-29-6-8-30(9-7-29)23-25-12-20(27-28-23)18-5-4-16(11-21(18)32)17-10-19(24)22-26-15(2)13-31(22)14-17;;/h4-5,10-14,32H,3,6-9H2,1-2H3;2*1H. The number of halogens is 3. The molecule has 5 rings (SSSR count). The first-order valence-corrected chi connectivity index (χ1v) is 10.7. The molecule has 0 unspecified atom stereocenters. The van der Waals surface area contributed by atoms with E-state index >= 15 is 0 Å². The Balaban J connectivity index is 0.00000162. The summed E-state index contributed by atoms with van der Waals surface area (Å²) in [5, 5.41) is 19.2. The molecule has 3 aromatic heterocycles. The van der Waals surface area contributed by atoms with Gasteiger partial charge in [-0.05, 0) is 37.2 Å². The molecule has 0 amide bonds. The highest BCUT2D eigenvalue weighted by atomic mass is 35.5. The number of phenols is 1. The minimum absolute atomic E-state index is 0. The summed E-state index contributed by atoms with van der Waals surface area (Å²) in [5.41, 5.74) is 3.35. The molecule has 180 valence electrons. The summed E-state index contributed by atoms with van der Waals surface area (Å²) in [6.45, 7) is 8.72. The Morgan fingerprint density at radius 1 is 1.00 bits per heavy atom. The number of hydrogen-bond acceptors (Lipinski definition) is 7. The van der Waals surface area contributed by atoms with Gasteiger partial charge in [0.05, 0.1) is 11.9 Å². The zero-order valence-electron chi connectivity index (χ0n) is 18.8. The average molecular weight is 506 g/mol. The predicted molar refractivity (Wildman–Crippen MR) is 135 cm³/mol. The molecule has 4 aromatic rings. The molecule has 4 heterocycles. The second kappa shape index (κ2) is 10.5. The first-order valence-electron chi connectivity index (χ1n) is 10.7. The number of hydrogen-bond donors (Lipinski definition) is 1. The number of phenolic OH excluding ortho intramolecular Hbond substituents is 1. The highest BCUT2D eigenvalue weighted by Crippen LogP contribution is 2.33. The van der Waals surface area contributed by atoms with E-state index in [4.69, 9.17) is 0 Å². The third-order valence-corrected chi connectivity index (χ3v) is 5.89. The molecule has 0 spiro atoms. The first-order chi connectivity index (χ1) is 15.5. The fourth-order valence-corrected chi connectivity index (χ4v) is 4.07. The van der Waals surface area contributed by atoms with Gasteiger partial charge in [0.1, 0.15) is 11.4 Å². The highest BCUT2D eigenvalue weighted by molar-refractivity contribution is 5.85. The van der Waals surface area contributed by atoms with Crippen LogP contribution in [0.15, 0.2) is 42.9 Å². The van der Waals surface area contributed by atoms with Crippen molar-refractivity contribution in [1.82, 2.24) is 29.5 Å². The highest BCUT2D eigenvalue weighted by Gasteiger charge is 2.19. The van der Waals surface area contributed by atoms with Crippen LogP contribution in [0.3, 0.4) is 0 Å². The normalized spacial score (nSPS) is 14.0. The van der Waals surface area contributed by atoms with E-state index in [1.807, 2.05) is 13.0 Å². The molecule has 1 aliphatic heterocycles. The van der Waals surface area contributed by atoms with E-state index in [1.54, 1.807) is 35.1 Å². The summed E-state index contributed by atoms with van der Waals surface area (Å²) < 4.78 is 16.1. The van der Waals surface area contributed by atoms with Crippen LogP contribution < -0.4 is 4.90 Å². The molecule has 1 aliphatic rings. The molecule has 1 N–H and O–H groups in total. The number of benzene rings is 1. The quantitative estimate of drug-likeness (QED) is 0.448. The van der Waals surface area contributed by atoms with Crippen LogP contribution in [-0.4, -0.2) is 67.3 Å². The number of anilines is 1. The lowest BCUT2D eigenvalue weighted by Crippen LogP contribution is -2.46. The van der Waals surface area contributed by atoms with Gasteiger partial charge in [-0.25, -0.2) is 14.4 Å². The monoisotopic (exact) mass is 505 g/mol. The Kier molecular flexibility index (Phi) is 7.91. The van der Waals surface area contributed by atoms with Gasteiger partial charge in [-0.15, -0.1) is 35.0 Å². The van der Waals surface area contributed by atoms with Gasteiger partial charge < -0.3 is 19.3 Å². The Labute approximate surface area is 209 Å². The number of piperazine rings is 1. The zero-order chi connectivity index (χ0) is 22.2. The zero-order valence-corrected chi connectivity index (χ0v) is 20.5. The molecular weight excluding hydrogens is 480 g/mol. The molecule has 1 aromatic carbocycles. The predicted octanol–water partition coefficient (Wildman–Crippen LogP) is 3.99. The number of nitrogens with zero attached hydrogens (tertiary/aromatic N) is 7. The Bertz CT molecular complexity index is 1270. The summed E-state index contributed by atoms with van der Waals surface area (Å²) in [6.07, 6.45) is 5.19. The molecule has 0 radical (unpaired) electrons. The first kappa shape index (κ1) is 25.6. The van der Waals surface area contributed by atoms with E-state index in [0.717, 1.165) is 38.4 Å². The van der Waals surface area contributed by atoms with Crippen molar-refractivity contribution in [3.63, 3.8) is 0 Å². The fourth-order valence-electron chi connectivity index (χ4n) is 4.07. The number of aromatic nitrogens is 5. The van der Waals surface area contributed by atoms with Crippen LogP contribution in [0, 0.1) is 12.7 Å². The van der Waals surface area contributed by atoms with E-state index in [-0.39, 0.29) is 36.2 Å². The van der Waals surface area contributed by atoms with Gasteiger partial charge in [-0.1, -0.05) is 13.0 Å². The number of likely N-dealkylation sites (N-methyl/N-ethyl adjacent to an activating group) is 1. The molecule has 1 saturated heterocycles. The maximum Gasteiger partial charge on any atom is 0.245 e. The van der Waals surface area contributed by atoms with Gasteiger partial charge in [-0.2, -0.15) is 0 Å². The largest absolute Gasteiger partial charge is 0.507 e. The number of imidazole rings is 1. The van der Waals surface area contributed by atoms with Crippen molar-refractivity contribution in [2.75, 3.05) is 37.6 Å². The number of aryl methyl sites for hydroxylation is 1. The second-order valence-electron chi connectivity index (χ2n) is 7.99. The van der Waals surface area contributed by atoms with Crippen LogP contribution in [0.5, 0.6) is 5.75 Å². The molecule has 0 bridgehead atoms. The number of rotatable bonds is 4. The van der Waals surface area contributed by atoms with Crippen molar-refractivity contribution in [2.24, 2.45) is 0 Å². The molecule has 0 aliphatic carbocycles. The molecule has 11 heteroatoms. The average Bonchev–Trinajstić information content (AvgIpc) is 3.20. The summed E-state index contributed by atoms with van der Waals surface area (Å²) in [4.78, 5) is 13.1. The van der Waals surface area contributed by atoms with E-state index < -0.39 is 5.82 Å². The van der Waals surface area contributed by atoms with E-state index in [9.17, 15) is 9.50 Å².